The van der Waals surface area contributed by atoms with Crippen molar-refractivity contribution in [3.63, 3.8) is 0 Å². The van der Waals surface area contributed by atoms with Crippen LogP contribution in [-0.2, 0) is 4.74 Å². The first-order valence-corrected chi connectivity index (χ1v) is 10.6. The summed E-state index contributed by atoms with van der Waals surface area (Å²) >= 11 is 7.66. The fourth-order valence-corrected chi connectivity index (χ4v) is 4.94. The minimum absolute atomic E-state index is 0. The highest BCUT2D eigenvalue weighted by molar-refractivity contribution is 7.99. The summed E-state index contributed by atoms with van der Waals surface area (Å²) in [6, 6.07) is 9.62. The van der Waals surface area contributed by atoms with Gasteiger partial charge in [-0.05, 0) is 37.5 Å². The Hall–Kier alpha value is -1.47. The zero-order valence-electron chi connectivity index (χ0n) is 15.5. The summed E-state index contributed by atoms with van der Waals surface area (Å²) in [7, 11) is 0. The molecule has 0 spiro atoms. The maximum absolute atomic E-state index is 12.9. The van der Waals surface area contributed by atoms with Crippen LogP contribution < -0.4 is 22.2 Å². The fourth-order valence-electron chi connectivity index (χ4n) is 3.65. The third kappa shape index (κ3) is 4.74. The van der Waals surface area contributed by atoms with Gasteiger partial charge in [-0.25, -0.2) is 14.7 Å². The molecule has 2 aliphatic heterocycles. The van der Waals surface area contributed by atoms with Crippen LogP contribution in [0.25, 0.3) is 0 Å². The molecule has 1 amide bonds. The molecule has 1 aromatic heterocycles. The van der Waals surface area contributed by atoms with E-state index in [0.717, 1.165) is 28.4 Å². The maximum atomic E-state index is 12.9. The smallest absolute Gasteiger partial charge is 0.420 e. The van der Waals surface area contributed by atoms with Crippen molar-refractivity contribution in [2.45, 2.75) is 35.5 Å². The van der Waals surface area contributed by atoms with E-state index in [1.54, 1.807) is 27.8 Å². The molecule has 0 atom stereocenters. The second kappa shape index (κ2) is 9.83. The van der Waals surface area contributed by atoms with Gasteiger partial charge < -0.3 is 22.0 Å². The number of nitrogens with zero attached hydrogens (tertiary/aromatic N) is 2. The predicted octanol–water partition coefficient (Wildman–Crippen LogP) is 0.937. The van der Waals surface area contributed by atoms with Gasteiger partial charge in [0.2, 0.25) is 0 Å². The van der Waals surface area contributed by atoms with Crippen LogP contribution in [0.15, 0.2) is 46.3 Å². The molecule has 3 heterocycles. The van der Waals surface area contributed by atoms with Gasteiger partial charge in [0.15, 0.2) is 5.82 Å². The summed E-state index contributed by atoms with van der Waals surface area (Å²) in [6.07, 6.45) is 6.03. The number of anilines is 2. The number of aromatic nitrogens is 1. The summed E-state index contributed by atoms with van der Waals surface area (Å²) in [5.74, 6) is 0.578. The number of rotatable bonds is 4. The number of carbonyl (C=O) groups is 1. The average molecular weight is 440 g/mol. The number of fused-ring (bicyclic) bond motifs is 2. The molecule has 0 saturated carbocycles. The molecule has 28 heavy (non-hydrogen) atoms. The molecular formula is C20H23Cl2N3O2S. The van der Waals surface area contributed by atoms with Crippen LogP contribution in [0.5, 0.6) is 0 Å². The van der Waals surface area contributed by atoms with Crippen molar-refractivity contribution in [3.8, 4) is 0 Å². The molecule has 0 unspecified atom stereocenters. The highest BCUT2D eigenvalue weighted by Gasteiger charge is 2.30. The molecule has 5 nitrogen and oxygen atoms in total. The number of hydrogen-bond acceptors (Lipinski definition) is 4. The topological polar surface area (TPSA) is 46.9 Å². The van der Waals surface area contributed by atoms with E-state index >= 15 is 0 Å². The van der Waals surface area contributed by atoms with Crippen molar-refractivity contribution in [2.75, 3.05) is 31.1 Å². The molecule has 8 heteroatoms. The fraction of sp³-hybridized carbons (Fsp3) is 0.400. The second-order valence-corrected chi connectivity index (χ2v) is 8.43. The predicted molar refractivity (Wildman–Crippen MR) is 107 cm³/mol. The average Bonchev–Trinajstić information content (AvgIpc) is 2.70. The van der Waals surface area contributed by atoms with Crippen molar-refractivity contribution in [2.24, 2.45) is 0 Å². The number of hydrogen-bond donors (Lipinski definition) is 1. The SMILES string of the molecule is O=C(OCCC[NH+]1CCCCC1)N1c2ccccc2Sc2cc(Cl)cnc21.[Cl-]. The third-order valence-electron chi connectivity index (χ3n) is 4.98. The Bertz CT molecular complexity index is 831. The first-order valence-electron chi connectivity index (χ1n) is 9.45. The molecule has 2 aromatic rings. The standard InChI is InChI=1S/C20H22ClN3O2S.ClH/c21-15-13-18-19(22-14-15)24(16-7-2-3-8-17(16)27-18)20(25)26-12-6-11-23-9-4-1-5-10-23;/h2-3,7-8,13-14H,1,4-6,9-12H2;1H. The maximum Gasteiger partial charge on any atom is 0.420 e. The number of halogens is 2. The molecule has 1 N–H and O–H groups in total. The van der Waals surface area contributed by atoms with E-state index in [4.69, 9.17) is 16.3 Å². The number of piperidine rings is 1. The number of para-hydroxylation sites is 1. The van der Waals surface area contributed by atoms with E-state index in [9.17, 15) is 4.79 Å². The Morgan fingerprint density at radius 1 is 1.21 bits per heavy atom. The minimum atomic E-state index is -0.382. The van der Waals surface area contributed by atoms with Gasteiger partial charge >= 0.3 is 6.09 Å². The number of benzene rings is 1. The molecule has 1 fully saturated rings. The van der Waals surface area contributed by atoms with Crippen LogP contribution in [0.1, 0.15) is 25.7 Å². The van der Waals surface area contributed by atoms with Crippen molar-refractivity contribution in [3.05, 3.63) is 41.6 Å². The van der Waals surface area contributed by atoms with Crippen LogP contribution in [0.4, 0.5) is 16.3 Å². The number of quaternary nitrogens is 1. The quantitative estimate of drug-likeness (QED) is 0.720. The van der Waals surface area contributed by atoms with Crippen LogP contribution in [0.2, 0.25) is 5.02 Å². The van der Waals surface area contributed by atoms with Gasteiger partial charge in [0.1, 0.15) is 0 Å². The van der Waals surface area contributed by atoms with Crippen LogP contribution in [-0.4, -0.2) is 37.3 Å². The zero-order chi connectivity index (χ0) is 18.6. The van der Waals surface area contributed by atoms with E-state index in [0.29, 0.717) is 17.4 Å². The Labute approximate surface area is 180 Å². The number of amides is 1. The molecule has 1 aromatic carbocycles. The molecule has 150 valence electrons. The van der Waals surface area contributed by atoms with Crippen molar-refractivity contribution >= 4 is 41.0 Å². The highest BCUT2D eigenvalue weighted by atomic mass is 35.5. The third-order valence-corrected chi connectivity index (χ3v) is 6.27. The van der Waals surface area contributed by atoms with E-state index in [1.165, 1.54) is 32.4 Å². The lowest BCUT2D eigenvalue weighted by Gasteiger charge is -2.29. The largest absolute Gasteiger partial charge is 1.00 e. The summed E-state index contributed by atoms with van der Waals surface area (Å²) in [5, 5.41) is 0.554. The Morgan fingerprint density at radius 2 is 2.00 bits per heavy atom. The van der Waals surface area contributed by atoms with Crippen molar-refractivity contribution in [1.29, 1.82) is 0 Å². The van der Waals surface area contributed by atoms with E-state index < -0.39 is 0 Å². The van der Waals surface area contributed by atoms with E-state index in [-0.39, 0.29) is 18.5 Å². The first kappa shape index (κ1) is 21.2. The van der Waals surface area contributed by atoms with Gasteiger partial charge in [-0.1, -0.05) is 35.5 Å². The molecule has 0 aliphatic carbocycles. The van der Waals surface area contributed by atoms with Crippen LogP contribution in [0, 0.1) is 0 Å². The van der Waals surface area contributed by atoms with Gasteiger partial charge in [-0.15, -0.1) is 0 Å². The van der Waals surface area contributed by atoms with Crippen LogP contribution >= 0.6 is 23.4 Å². The molecular weight excluding hydrogens is 417 g/mol. The normalized spacial score (nSPS) is 16.0. The highest BCUT2D eigenvalue weighted by Crippen LogP contribution is 2.47. The lowest BCUT2D eigenvalue weighted by Crippen LogP contribution is -3.12. The molecule has 0 bridgehead atoms. The summed E-state index contributed by atoms with van der Waals surface area (Å²) in [6.45, 7) is 3.96. The lowest BCUT2D eigenvalue weighted by atomic mass is 10.1. The number of likely N-dealkylation sites (tertiary alicyclic amines) is 1. The van der Waals surface area contributed by atoms with Gasteiger partial charge in [-0.3, -0.25) is 0 Å². The van der Waals surface area contributed by atoms with Crippen LogP contribution in [0.3, 0.4) is 0 Å². The summed E-state index contributed by atoms with van der Waals surface area (Å²) < 4.78 is 5.61. The van der Waals surface area contributed by atoms with Crippen molar-refractivity contribution < 1.29 is 26.8 Å². The monoisotopic (exact) mass is 439 g/mol. The van der Waals surface area contributed by atoms with Gasteiger partial charge in [0.05, 0.1) is 41.8 Å². The summed E-state index contributed by atoms with van der Waals surface area (Å²) in [4.78, 5) is 22.3. The Morgan fingerprint density at radius 3 is 2.82 bits per heavy atom. The van der Waals surface area contributed by atoms with E-state index in [1.807, 2.05) is 30.3 Å². The second-order valence-electron chi connectivity index (χ2n) is 6.91. The van der Waals surface area contributed by atoms with Crippen molar-refractivity contribution in [1.82, 2.24) is 4.98 Å². The van der Waals surface area contributed by atoms with E-state index in [2.05, 4.69) is 4.98 Å². The number of nitrogens with one attached hydrogen (secondary N) is 1. The Balaban J connectivity index is 0.00000225. The molecule has 0 radical (unpaired) electrons. The minimum Gasteiger partial charge on any atom is -1.00 e. The first-order chi connectivity index (χ1) is 13.2. The van der Waals surface area contributed by atoms with Gasteiger partial charge in [0, 0.05) is 17.5 Å². The van der Waals surface area contributed by atoms with Gasteiger partial charge in [0.25, 0.3) is 0 Å². The molecule has 4 rings (SSSR count). The zero-order valence-corrected chi connectivity index (χ0v) is 17.8. The summed E-state index contributed by atoms with van der Waals surface area (Å²) in [5.41, 5.74) is 0.802. The molecule has 1 saturated heterocycles. The number of carbonyl (C=O) groups excluding carboxylic acids is 1. The Kier molecular flexibility index (Phi) is 7.46. The molecule has 2 aliphatic rings. The number of ether oxygens (including phenoxy) is 1. The number of pyridine rings is 1. The van der Waals surface area contributed by atoms with Gasteiger partial charge in [-0.2, -0.15) is 0 Å². The lowest BCUT2D eigenvalue weighted by molar-refractivity contribution is -0.905.